The minimum absolute atomic E-state index is 0.0126. The monoisotopic (exact) mass is 552 g/mol. The second-order valence-electron chi connectivity index (χ2n) is 9.36. The highest BCUT2D eigenvalue weighted by atomic mass is 32.1. The van der Waals surface area contributed by atoms with Crippen molar-refractivity contribution in [3.05, 3.63) is 52.7 Å². The molecule has 13 heteroatoms. The Bertz CT molecular complexity index is 976. The number of carbonyl (C=O) groups is 1. The van der Waals surface area contributed by atoms with Gasteiger partial charge in [0, 0.05) is 42.8 Å². The summed E-state index contributed by atoms with van der Waals surface area (Å²) in [5.74, 6) is -0.709. The number of carbonyl (C=O) groups excluding carboxylic acids is 1. The third-order valence-electron chi connectivity index (χ3n) is 6.43. The van der Waals surface area contributed by atoms with Gasteiger partial charge in [-0.2, -0.15) is 26.3 Å². The standard InChI is InChI=1S/C24H30F6N4O2S/c1-16(13-32-20(35)5-4-17(24(28,29)30)3-2-8-23(25,26)27)33-18-14-34(15-18)19-6-9-22(36,10-7-19)21-31-11-12-37-21/h2-4,11-12,18-19,33,36H,1,5-10,13-15H2,(H,32,35)/b3-2-,17-4+. The number of thiazole rings is 1. The molecule has 1 aliphatic carbocycles. The van der Waals surface area contributed by atoms with Crippen molar-refractivity contribution in [3.63, 3.8) is 0 Å². The van der Waals surface area contributed by atoms with Crippen molar-refractivity contribution in [1.29, 1.82) is 0 Å². The van der Waals surface area contributed by atoms with E-state index in [1.54, 1.807) is 6.20 Å². The van der Waals surface area contributed by atoms with Crippen molar-refractivity contribution >= 4 is 17.2 Å². The highest BCUT2D eigenvalue weighted by Crippen LogP contribution is 2.40. The summed E-state index contributed by atoms with van der Waals surface area (Å²) in [5.41, 5.74) is -1.66. The first kappa shape index (κ1) is 29.2. The summed E-state index contributed by atoms with van der Waals surface area (Å²) in [4.78, 5) is 18.5. The minimum Gasteiger partial charge on any atom is -0.383 e. The molecule has 1 aliphatic heterocycles. The van der Waals surface area contributed by atoms with Crippen LogP contribution in [-0.2, 0) is 10.4 Å². The first-order valence-electron chi connectivity index (χ1n) is 11.8. The second kappa shape index (κ2) is 12.0. The summed E-state index contributed by atoms with van der Waals surface area (Å²) < 4.78 is 75.4. The van der Waals surface area contributed by atoms with E-state index in [1.165, 1.54) is 11.3 Å². The van der Waals surface area contributed by atoms with Crippen molar-refractivity contribution in [1.82, 2.24) is 20.5 Å². The molecular weight excluding hydrogens is 522 g/mol. The van der Waals surface area contributed by atoms with Crippen LogP contribution in [0.25, 0.3) is 0 Å². The predicted molar refractivity (Wildman–Crippen MR) is 127 cm³/mol. The Kier molecular flexibility index (Phi) is 9.46. The number of amides is 1. The highest BCUT2D eigenvalue weighted by Gasteiger charge is 2.41. The SMILES string of the molecule is C=C(CNC(=O)C/C=C(\C=C/CC(F)(F)F)C(F)(F)F)NC1CN(C2CCC(O)(c3nccs3)CC2)C1. The fourth-order valence-corrected chi connectivity index (χ4v) is 5.23. The first-order valence-corrected chi connectivity index (χ1v) is 12.7. The molecule has 0 radical (unpaired) electrons. The highest BCUT2D eigenvalue weighted by molar-refractivity contribution is 7.09. The maximum absolute atomic E-state index is 13.0. The van der Waals surface area contributed by atoms with Crippen LogP contribution in [0.2, 0.25) is 0 Å². The van der Waals surface area contributed by atoms with Crippen LogP contribution in [0.1, 0.15) is 43.5 Å². The normalized spacial score (nSPS) is 24.2. The first-order chi connectivity index (χ1) is 17.2. The summed E-state index contributed by atoms with van der Waals surface area (Å²) in [6, 6.07) is 0.491. The Morgan fingerprint density at radius 1 is 1.24 bits per heavy atom. The number of alkyl halides is 6. The van der Waals surface area contributed by atoms with E-state index in [1.807, 2.05) is 5.38 Å². The molecule has 6 nitrogen and oxygen atoms in total. The van der Waals surface area contributed by atoms with Crippen LogP contribution in [-0.4, -0.2) is 65.0 Å². The van der Waals surface area contributed by atoms with E-state index in [0.717, 1.165) is 30.9 Å². The lowest BCUT2D eigenvalue weighted by Gasteiger charge is -2.48. The Morgan fingerprint density at radius 3 is 2.49 bits per heavy atom. The van der Waals surface area contributed by atoms with Gasteiger partial charge in [0.15, 0.2) is 0 Å². The van der Waals surface area contributed by atoms with Crippen LogP contribution in [0.15, 0.2) is 47.7 Å². The number of aromatic nitrogens is 1. The van der Waals surface area contributed by atoms with Gasteiger partial charge < -0.3 is 15.7 Å². The number of hydrogen-bond acceptors (Lipinski definition) is 6. The van der Waals surface area contributed by atoms with Gasteiger partial charge in [0.2, 0.25) is 5.91 Å². The lowest BCUT2D eigenvalue weighted by molar-refractivity contribution is -0.125. The van der Waals surface area contributed by atoms with Gasteiger partial charge >= 0.3 is 12.4 Å². The fourth-order valence-electron chi connectivity index (χ4n) is 4.43. The average molecular weight is 553 g/mol. The van der Waals surface area contributed by atoms with Crippen LogP contribution in [0.5, 0.6) is 0 Å². The Balaban J connectivity index is 1.35. The van der Waals surface area contributed by atoms with E-state index < -0.39 is 42.3 Å². The number of halogens is 6. The molecule has 0 atom stereocenters. The fraction of sp³-hybridized carbons (Fsp3) is 0.583. The average Bonchev–Trinajstić information content (AvgIpc) is 3.32. The number of likely N-dealkylation sites (tertiary alicyclic amines) is 1. The molecule has 0 bridgehead atoms. The quantitative estimate of drug-likeness (QED) is 0.293. The van der Waals surface area contributed by atoms with E-state index in [-0.39, 0.29) is 12.6 Å². The van der Waals surface area contributed by atoms with E-state index >= 15 is 0 Å². The molecule has 1 amide bonds. The van der Waals surface area contributed by atoms with Gasteiger partial charge in [-0.15, -0.1) is 11.3 Å². The zero-order valence-electron chi connectivity index (χ0n) is 20.0. The van der Waals surface area contributed by atoms with E-state index in [9.17, 15) is 36.2 Å². The summed E-state index contributed by atoms with van der Waals surface area (Å²) in [7, 11) is 0. The molecule has 2 heterocycles. The number of allylic oxidation sites excluding steroid dienone is 3. The van der Waals surface area contributed by atoms with Crippen molar-refractivity contribution < 1.29 is 36.2 Å². The second-order valence-corrected chi connectivity index (χ2v) is 10.3. The molecule has 3 rings (SSSR count). The molecule has 1 saturated heterocycles. The van der Waals surface area contributed by atoms with Crippen LogP contribution in [0.4, 0.5) is 26.3 Å². The van der Waals surface area contributed by atoms with Crippen LogP contribution in [0, 0.1) is 0 Å². The van der Waals surface area contributed by atoms with E-state index in [4.69, 9.17) is 0 Å². The number of hydrogen-bond donors (Lipinski definition) is 3. The molecule has 0 aromatic carbocycles. The summed E-state index contributed by atoms with van der Waals surface area (Å²) in [6.07, 6.45) is -5.63. The molecule has 206 valence electrons. The number of rotatable bonds is 10. The van der Waals surface area contributed by atoms with Crippen molar-refractivity contribution in [3.8, 4) is 0 Å². The third kappa shape index (κ3) is 8.85. The van der Waals surface area contributed by atoms with Gasteiger partial charge in [0.1, 0.15) is 10.6 Å². The molecule has 1 aromatic rings. The molecule has 3 N–H and O–H groups in total. The zero-order chi connectivity index (χ0) is 27.3. The van der Waals surface area contributed by atoms with Gasteiger partial charge in [0.25, 0.3) is 0 Å². The molecule has 2 aliphatic rings. The minimum atomic E-state index is -4.87. The maximum Gasteiger partial charge on any atom is 0.416 e. The Morgan fingerprint density at radius 2 is 1.92 bits per heavy atom. The van der Waals surface area contributed by atoms with Gasteiger partial charge in [-0.25, -0.2) is 4.98 Å². The number of nitrogens with one attached hydrogen (secondary N) is 2. The number of aliphatic hydroxyl groups is 1. The topological polar surface area (TPSA) is 77.5 Å². The molecule has 0 unspecified atom stereocenters. The molecule has 1 saturated carbocycles. The van der Waals surface area contributed by atoms with Crippen molar-refractivity contribution in [2.24, 2.45) is 0 Å². The molecule has 37 heavy (non-hydrogen) atoms. The summed E-state index contributed by atoms with van der Waals surface area (Å²) in [5, 5.41) is 19.1. The van der Waals surface area contributed by atoms with Gasteiger partial charge in [-0.1, -0.05) is 24.8 Å². The maximum atomic E-state index is 13.0. The largest absolute Gasteiger partial charge is 0.416 e. The van der Waals surface area contributed by atoms with Gasteiger partial charge in [-0.05, 0) is 25.7 Å². The van der Waals surface area contributed by atoms with Crippen LogP contribution in [0.3, 0.4) is 0 Å². The lowest BCUT2D eigenvalue weighted by atomic mass is 9.81. The van der Waals surface area contributed by atoms with E-state index in [2.05, 4.69) is 27.1 Å². The summed E-state index contributed by atoms with van der Waals surface area (Å²) >= 11 is 1.46. The zero-order valence-corrected chi connectivity index (χ0v) is 20.9. The number of nitrogens with zero attached hydrogens (tertiary/aromatic N) is 2. The van der Waals surface area contributed by atoms with Gasteiger partial charge in [-0.3, -0.25) is 9.69 Å². The van der Waals surface area contributed by atoms with Crippen molar-refractivity contribution in [2.45, 2.75) is 68.6 Å². The molecule has 1 aromatic heterocycles. The van der Waals surface area contributed by atoms with Gasteiger partial charge in [0.05, 0.1) is 24.6 Å². The molecule has 2 fully saturated rings. The third-order valence-corrected chi connectivity index (χ3v) is 7.39. The molecule has 0 spiro atoms. The Labute approximate surface area is 215 Å². The predicted octanol–water partition coefficient (Wildman–Crippen LogP) is 4.56. The van der Waals surface area contributed by atoms with Crippen LogP contribution >= 0.6 is 11.3 Å². The van der Waals surface area contributed by atoms with E-state index in [0.29, 0.717) is 42.8 Å². The summed E-state index contributed by atoms with van der Waals surface area (Å²) in [6.45, 7) is 5.39. The Hall–Kier alpha value is -2.38. The lowest BCUT2D eigenvalue weighted by Crippen LogP contribution is -2.62. The molecular formula is C24H30F6N4O2S. The van der Waals surface area contributed by atoms with Crippen molar-refractivity contribution in [2.75, 3.05) is 19.6 Å². The van der Waals surface area contributed by atoms with Crippen LogP contribution < -0.4 is 10.6 Å². The smallest absolute Gasteiger partial charge is 0.383 e.